The van der Waals surface area contributed by atoms with Gasteiger partial charge in [0.15, 0.2) is 0 Å². The fourth-order valence-corrected chi connectivity index (χ4v) is 4.11. The van der Waals surface area contributed by atoms with Crippen LogP contribution < -0.4 is 0 Å². The fourth-order valence-electron chi connectivity index (χ4n) is 1.96. The molecule has 0 unspecified atom stereocenters. The van der Waals surface area contributed by atoms with Crippen LogP contribution in [0.4, 0.5) is 0 Å². The molecule has 0 aromatic heterocycles. The van der Waals surface area contributed by atoms with E-state index in [9.17, 15) is 13.2 Å². The monoisotopic (exact) mass is 395 g/mol. The summed E-state index contributed by atoms with van der Waals surface area (Å²) in [4.78, 5) is 13.9. The number of carbonyl (C=O) groups is 1. The van der Waals surface area contributed by atoms with Crippen molar-refractivity contribution in [2.75, 3.05) is 13.6 Å². The van der Waals surface area contributed by atoms with Gasteiger partial charge in [0.05, 0.1) is 4.90 Å². The summed E-state index contributed by atoms with van der Waals surface area (Å²) in [6.45, 7) is 4.46. The maximum absolute atomic E-state index is 12.4. The van der Waals surface area contributed by atoms with E-state index in [4.69, 9.17) is 10.7 Å². The van der Waals surface area contributed by atoms with Crippen LogP contribution in [0.15, 0.2) is 21.5 Å². The minimum Gasteiger partial charge on any atom is -0.342 e. The first-order valence-corrected chi connectivity index (χ1v) is 9.79. The molecule has 21 heavy (non-hydrogen) atoms. The first-order valence-electron chi connectivity index (χ1n) is 6.68. The molecule has 1 aromatic rings. The average molecular weight is 397 g/mol. The van der Waals surface area contributed by atoms with Crippen LogP contribution in [0.1, 0.15) is 42.1 Å². The van der Waals surface area contributed by atoms with Crippen molar-refractivity contribution in [2.24, 2.45) is 0 Å². The lowest BCUT2D eigenvalue weighted by Crippen LogP contribution is -2.28. The number of carbonyl (C=O) groups excluding carboxylic acids is 1. The van der Waals surface area contributed by atoms with Crippen LogP contribution in [0.3, 0.4) is 0 Å². The van der Waals surface area contributed by atoms with Gasteiger partial charge < -0.3 is 4.90 Å². The van der Waals surface area contributed by atoms with Crippen LogP contribution in [-0.2, 0) is 9.05 Å². The van der Waals surface area contributed by atoms with Gasteiger partial charge in [-0.15, -0.1) is 0 Å². The quantitative estimate of drug-likeness (QED) is 0.540. The Hall–Kier alpha value is -0.590. The zero-order valence-corrected chi connectivity index (χ0v) is 15.5. The average Bonchev–Trinajstić information content (AvgIpc) is 2.39. The van der Waals surface area contributed by atoms with E-state index in [-0.39, 0.29) is 10.8 Å². The molecule has 0 bridgehead atoms. The molecule has 0 aliphatic heterocycles. The molecule has 7 heteroatoms. The Labute approximate surface area is 139 Å². The Morgan fingerprint density at radius 1 is 1.33 bits per heavy atom. The Morgan fingerprint density at radius 2 is 1.95 bits per heavy atom. The van der Waals surface area contributed by atoms with E-state index < -0.39 is 9.05 Å². The fraction of sp³-hybridized carbons (Fsp3) is 0.500. The van der Waals surface area contributed by atoms with Crippen LogP contribution in [0.5, 0.6) is 0 Å². The van der Waals surface area contributed by atoms with Crippen LogP contribution in [0.25, 0.3) is 0 Å². The second-order valence-corrected chi connectivity index (χ2v) is 8.30. The van der Waals surface area contributed by atoms with Gasteiger partial charge in [0.2, 0.25) is 0 Å². The molecule has 0 aliphatic rings. The second kappa shape index (κ2) is 7.61. The molecule has 0 fully saturated rings. The minimum atomic E-state index is -3.90. The van der Waals surface area contributed by atoms with E-state index in [1.54, 1.807) is 24.9 Å². The highest BCUT2D eigenvalue weighted by molar-refractivity contribution is 9.10. The third-order valence-corrected chi connectivity index (χ3v) is 5.84. The Bertz CT molecular complexity index is 631. The van der Waals surface area contributed by atoms with Crippen LogP contribution in [0, 0.1) is 6.92 Å². The molecule has 0 atom stereocenters. The number of aryl methyl sites for hydroxylation is 1. The smallest absolute Gasteiger partial charge is 0.262 e. The first kappa shape index (κ1) is 18.5. The molecule has 4 nitrogen and oxygen atoms in total. The van der Waals surface area contributed by atoms with E-state index in [0.29, 0.717) is 22.1 Å². The molecule has 1 amide bonds. The summed E-state index contributed by atoms with van der Waals surface area (Å²) in [5.41, 5.74) is 0.982. The molecular weight excluding hydrogens is 378 g/mol. The summed E-state index contributed by atoms with van der Waals surface area (Å²) >= 11 is 3.20. The summed E-state index contributed by atoms with van der Waals surface area (Å²) in [5.74, 6) is -0.205. The third kappa shape index (κ3) is 4.97. The number of nitrogens with zero attached hydrogens (tertiary/aromatic N) is 1. The Balaban J connectivity index is 3.09. The van der Waals surface area contributed by atoms with Crippen molar-refractivity contribution in [3.63, 3.8) is 0 Å². The summed E-state index contributed by atoms with van der Waals surface area (Å²) in [5, 5.41) is 0. The van der Waals surface area contributed by atoms with Crippen molar-refractivity contribution in [2.45, 2.75) is 38.0 Å². The number of hydrogen-bond donors (Lipinski definition) is 0. The molecule has 118 valence electrons. The van der Waals surface area contributed by atoms with E-state index in [0.717, 1.165) is 19.3 Å². The highest BCUT2D eigenvalue weighted by Crippen LogP contribution is 2.30. The predicted molar refractivity (Wildman–Crippen MR) is 88.4 cm³/mol. The minimum absolute atomic E-state index is 0.0746. The maximum Gasteiger partial charge on any atom is 0.262 e. The SMILES string of the molecule is CCCCCN(C)C(=O)c1cc(C)c(Br)c(S(=O)(=O)Cl)c1. The number of amides is 1. The molecule has 0 saturated heterocycles. The highest BCUT2D eigenvalue weighted by Gasteiger charge is 2.21. The van der Waals surface area contributed by atoms with Gasteiger partial charge in [-0.25, -0.2) is 8.42 Å². The van der Waals surface area contributed by atoms with Crippen LogP contribution in [-0.4, -0.2) is 32.8 Å². The van der Waals surface area contributed by atoms with Gasteiger partial charge in [0.1, 0.15) is 0 Å². The van der Waals surface area contributed by atoms with Crippen LogP contribution in [0.2, 0.25) is 0 Å². The van der Waals surface area contributed by atoms with Crippen molar-refractivity contribution in [3.8, 4) is 0 Å². The molecule has 0 saturated carbocycles. The Morgan fingerprint density at radius 3 is 2.48 bits per heavy atom. The van der Waals surface area contributed by atoms with E-state index >= 15 is 0 Å². The van der Waals surface area contributed by atoms with Crippen molar-refractivity contribution in [1.29, 1.82) is 0 Å². The maximum atomic E-state index is 12.4. The topological polar surface area (TPSA) is 54.5 Å². The van der Waals surface area contributed by atoms with E-state index in [1.807, 2.05) is 0 Å². The second-order valence-electron chi connectivity index (χ2n) is 4.98. The zero-order chi connectivity index (χ0) is 16.2. The summed E-state index contributed by atoms with van der Waals surface area (Å²) in [7, 11) is 3.22. The van der Waals surface area contributed by atoms with E-state index in [1.165, 1.54) is 6.07 Å². The van der Waals surface area contributed by atoms with Gasteiger partial charge in [-0.2, -0.15) is 0 Å². The normalized spacial score (nSPS) is 11.5. The van der Waals surface area contributed by atoms with Crippen molar-refractivity contribution < 1.29 is 13.2 Å². The number of hydrogen-bond acceptors (Lipinski definition) is 3. The van der Waals surface area contributed by atoms with Gasteiger partial charge in [-0.05, 0) is 47.0 Å². The van der Waals surface area contributed by atoms with Crippen molar-refractivity contribution in [1.82, 2.24) is 4.90 Å². The number of halogens is 2. The third-order valence-electron chi connectivity index (χ3n) is 3.17. The lowest BCUT2D eigenvalue weighted by atomic mass is 10.1. The molecule has 0 radical (unpaired) electrons. The van der Waals surface area contributed by atoms with Gasteiger partial charge in [-0.3, -0.25) is 4.79 Å². The highest BCUT2D eigenvalue weighted by atomic mass is 79.9. The van der Waals surface area contributed by atoms with Crippen molar-refractivity contribution in [3.05, 3.63) is 27.7 Å². The molecule has 1 rings (SSSR count). The molecule has 0 N–H and O–H groups in total. The molecular formula is C14H19BrClNO3S. The lowest BCUT2D eigenvalue weighted by molar-refractivity contribution is 0.0792. The van der Waals surface area contributed by atoms with Gasteiger partial charge in [-0.1, -0.05) is 19.8 Å². The number of rotatable bonds is 6. The number of unbranched alkanes of at least 4 members (excludes halogenated alkanes) is 2. The Kier molecular flexibility index (Phi) is 6.69. The number of benzene rings is 1. The predicted octanol–water partition coefficient (Wildman–Crippen LogP) is 3.95. The molecule has 0 spiro atoms. The zero-order valence-electron chi connectivity index (χ0n) is 12.3. The molecule has 1 aromatic carbocycles. The first-order chi connectivity index (χ1) is 9.68. The standard InChI is InChI=1S/C14H19BrClNO3S/c1-4-5-6-7-17(3)14(18)11-8-10(2)13(15)12(9-11)21(16,19)20/h8-9H,4-7H2,1-3H3. The molecule has 0 aliphatic carbocycles. The van der Waals surface area contributed by atoms with Gasteiger partial charge >= 0.3 is 0 Å². The largest absolute Gasteiger partial charge is 0.342 e. The lowest BCUT2D eigenvalue weighted by Gasteiger charge is -2.18. The summed E-state index contributed by atoms with van der Waals surface area (Å²) in [6.07, 6.45) is 3.06. The van der Waals surface area contributed by atoms with Crippen molar-refractivity contribution >= 4 is 41.6 Å². The molecule has 0 heterocycles. The van der Waals surface area contributed by atoms with E-state index in [2.05, 4.69) is 22.9 Å². The summed E-state index contributed by atoms with van der Waals surface area (Å²) in [6, 6.07) is 2.98. The summed E-state index contributed by atoms with van der Waals surface area (Å²) < 4.78 is 23.5. The van der Waals surface area contributed by atoms with Gasteiger partial charge in [0, 0.05) is 34.3 Å². The van der Waals surface area contributed by atoms with Gasteiger partial charge in [0.25, 0.3) is 15.0 Å². The van der Waals surface area contributed by atoms with Crippen LogP contribution >= 0.6 is 26.6 Å².